The number of carbonyl (C=O) groups excluding carboxylic acids is 1. The fraction of sp³-hybridized carbons (Fsp3) is 0.125. The molecule has 0 N–H and O–H groups in total. The zero-order valence-corrected chi connectivity index (χ0v) is 16.7. The van der Waals surface area contributed by atoms with Gasteiger partial charge in [0.2, 0.25) is 0 Å². The van der Waals surface area contributed by atoms with Gasteiger partial charge in [-0.1, -0.05) is 48.5 Å². The molecule has 4 rings (SSSR count). The van der Waals surface area contributed by atoms with Gasteiger partial charge in [0.05, 0.1) is 11.5 Å². The van der Waals surface area contributed by atoms with Crippen LogP contribution in [0.1, 0.15) is 31.9 Å². The normalized spacial score (nSPS) is 11.7. The average Bonchev–Trinajstić information content (AvgIpc) is 3.10. The number of thiophene rings is 1. The summed E-state index contributed by atoms with van der Waals surface area (Å²) in [6.07, 6.45) is -3.98. The Hall–Kier alpha value is -3.12. The molecule has 152 valence electrons. The number of carboxylic acids is 1. The first-order valence-corrected chi connectivity index (χ1v) is 10.0. The Labute approximate surface area is 175 Å². The minimum Gasteiger partial charge on any atom is -0.545 e. The largest absolute Gasteiger partial charge is 0.545 e. The van der Waals surface area contributed by atoms with Crippen LogP contribution in [0.5, 0.6) is 0 Å². The van der Waals surface area contributed by atoms with Gasteiger partial charge >= 0.3 is 6.18 Å². The standard InChI is InChI=1S/C24H17F3O2S/c1-14-8-9-16(13-21(14)23(28)29)20-7-3-5-17-12-19(30-22(17)20)11-15-4-2-6-18(10-15)24(25,26)27/h2-10,12-13H,11H2,1H3,(H,28,29)/p-1. The highest BCUT2D eigenvalue weighted by Gasteiger charge is 2.30. The minimum atomic E-state index is -4.37. The lowest BCUT2D eigenvalue weighted by molar-refractivity contribution is -0.255. The maximum Gasteiger partial charge on any atom is 0.416 e. The van der Waals surface area contributed by atoms with Crippen LogP contribution in [-0.4, -0.2) is 5.97 Å². The van der Waals surface area contributed by atoms with E-state index in [0.29, 0.717) is 17.5 Å². The van der Waals surface area contributed by atoms with E-state index in [0.717, 1.165) is 32.2 Å². The fourth-order valence-electron chi connectivity index (χ4n) is 3.50. The number of hydrogen-bond acceptors (Lipinski definition) is 3. The Kier molecular flexibility index (Phi) is 5.12. The summed E-state index contributed by atoms with van der Waals surface area (Å²) in [5.41, 5.74) is 2.35. The molecule has 0 amide bonds. The summed E-state index contributed by atoms with van der Waals surface area (Å²) in [4.78, 5) is 12.3. The highest BCUT2D eigenvalue weighted by atomic mass is 32.1. The molecule has 30 heavy (non-hydrogen) atoms. The predicted octanol–water partition coefficient (Wildman–Crippen LogP) is 5.85. The number of fused-ring (bicyclic) bond motifs is 1. The summed E-state index contributed by atoms with van der Waals surface area (Å²) in [6.45, 7) is 1.72. The van der Waals surface area contributed by atoms with Crippen molar-refractivity contribution in [3.63, 3.8) is 0 Å². The van der Waals surface area contributed by atoms with E-state index in [-0.39, 0.29) is 5.56 Å². The number of hydrogen-bond donors (Lipinski definition) is 0. The van der Waals surface area contributed by atoms with Gasteiger partial charge in [0.15, 0.2) is 0 Å². The van der Waals surface area contributed by atoms with Gasteiger partial charge in [0, 0.05) is 21.6 Å². The molecule has 0 aliphatic heterocycles. The van der Waals surface area contributed by atoms with Gasteiger partial charge in [-0.2, -0.15) is 13.2 Å². The van der Waals surface area contributed by atoms with Crippen molar-refractivity contribution < 1.29 is 23.1 Å². The first-order valence-electron chi connectivity index (χ1n) is 9.22. The van der Waals surface area contributed by atoms with Crippen LogP contribution in [-0.2, 0) is 12.6 Å². The Morgan fingerprint density at radius 3 is 2.50 bits per heavy atom. The molecule has 2 nitrogen and oxygen atoms in total. The van der Waals surface area contributed by atoms with Crippen LogP contribution in [0.3, 0.4) is 0 Å². The summed E-state index contributed by atoms with van der Waals surface area (Å²) in [5, 5.41) is 12.4. The monoisotopic (exact) mass is 425 g/mol. The minimum absolute atomic E-state index is 0.144. The maximum absolute atomic E-state index is 13.0. The second-order valence-corrected chi connectivity index (χ2v) is 8.27. The molecule has 3 aromatic carbocycles. The lowest BCUT2D eigenvalue weighted by Crippen LogP contribution is -2.23. The zero-order valence-electron chi connectivity index (χ0n) is 15.9. The van der Waals surface area contributed by atoms with E-state index in [1.54, 1.807) is 25.1 Å². The number of alkyl halides is 3. The van der Waals surface area contributed by atoms with Crippen molar-refractivity contribution in [1.29, 1.82) is 0 Å². The summed E-state index contributed by atoms with van der Waals surface area (Å²) in [6, 6.07) is 18.3. The zero-order chi connectivity index (χ0) is 21.5. The average molecular weight is 425 g/mol. The SMILES string of the molecule is Cc1ccc(-c2cccc3cc(Cc4cccc(C(F)(F)F)c4)sc23)cc1C(=O)[O-]. The van der Waals surface area contributed by atoms with Gasteiger partial charge in [0.1, 0.15) is 0 Å². The molecule has 0 fully saturated rings. The van der Waals surface area contributed by atoms with Crippen molar-refractivity contribution in [1.82, 2.24) is 0 Å². The van der Waals surface area contributed by atoms with Crippen LogP contribution in [0, 0.1) is 6.92 Å². The van der Waals surface area contributed by atoms with E-state index in [9.17, 15) is 23.1 Å². The molecule has 0 spiro atoms. The lowest BCUT2D eigenvalue weighted by atomic mass is 9.99. The Balaban J connectivity index is 1.73. The molecule has 0 atom stereocenters. The Morgan fingerprint density at radius 2 is 1.77 bits per heavy atom. The summed E-state index contributed by atoms with van der Waals surface area (Å²) in [5.74, 6) is -1.22. The van der Waals surface area contributed by atoms with Crippen molar-refractivity contribution in [3.05, 3.63) is 93.9 Å². The number of aryl methyl sites for hydroxylation is 1. The van der Waals surface area contributed by atoms with E-state index in [4.69, 9.17) is 0 Å². The third kappa shape index (κ3) is 3.96. The van der Waals surface area contributed by atoms with Gasteiger partial charge in [-0.05, 0) is 52.8 Å². The van der Waals surface area contributed by atoms with E-state index < -0.39 is 17.7 Å². The first kappa shape index (κ1) is 20.2. The second-order valence-electron chi connectivity index (χ2n) is 7.13. The van der Waals surface area contributed by atoms with E-state index in [2.05, 4.69) is 0 Å². The maximum atomic E-state index is 13.0. The van der Waals surface area contributed by atoms with E-state index in [1.165, 1.54) is 23.5 Å². The molecule has 0 radical (unpaired) electrons. The topological polar surface area (TPSA) is 40.1 Å². The predicted molar refractivity (Wildman–Crippen MR) is 111 cm³/mol. The number of halogens is 3. The van der Waals surface area contributed by atoms with Crippen LogP contribution in [0.15, 0.2) is 66.7 Å². The number of carboxylic acid groups (broad SMARTS) is 1. The molecular formula is C24H16F3O2S-. The van der Waals surface area contributed by atoms with Gasteiger partial charge in [-0.3, -0.25) is 0 Å². The smallest absolute Gasteiger partial charge is 0.416 e. The van der Waals surface area contributed by atoms with Crippen LogP contribution in [0.2, 0.25) is 0 Å². The lowest BCUT2D eigenvalue weighted by Gasteiger charge is -2.10. The summed E-state index contributed by atoms with van der Waals surface area (Å²) < 4.78 is 39.9. The molecule has 0 aliphatic rings. The van der Waals surface area contributed by atoms with Gasteiger partial charge in [-0.15, -0.1) is 11.3 Å². The highest BCUT2D eigenvalue weighted by Crippen LogP contribution is 2.37. The van der Waals surface area contributed by atoms with Gasteiger partial charge < -0.3 is 9.90 Å². The fourth-order valence-corrected chi connectivity index (χ4v) is 4.73. The van der Waals surface area contributed by atoms with Crippen molar-refractivity contribution in [2.45, 2.75) is 19.5 Å². The molecule has 1 heterocycles. The molecule has 0 unspecified atom stereocenters. The third-order valence-electron chi connectivity index (χ3n) is 5.00. The Bertz CT molecular complexity index is 1260. The van der Waals surface area contributed by atoms with E-state index >= 15 is 0 Å². The Morgan fingerprint density at radius 1 is 1.00 bits per heavy atom. The van der Waals surface area contributed by atoms with Crippen LogP contribution in [0.4, 0.5) is 13.2 Å². The summed E-state index contributed by atoms with van der Waals surface area (Å²) >= 11 is 1.50. The molecule has 0 aliphatic carbocycles. The number of carbonyl (C=O) groups is 1. The van der Waals surface area contributed by atoms with Crippen molar-refractivity contribution >= 4 is 27.4 Å². The van der Waals surface area contributed by atoms with Crippen LogP contribution >= 0.6 is 11.3 Å². The van der Waals surface area contributed by atoms with Gasteiger partial charge in [-0.25, -0.2) is 0 Å². The number of benzene rings is 3. The second kappa shape index (κ2) is 7.61. The number of aromatic carboxylic acids is 1. The third-order valence-corrected chi connectivity index (χ3v) is 6.18. The first-order chi connectivity index (χ1) is 14.2. The highest BCUT2D eigenvalue weighted by molar-refractivity contribution is 7.19. The molecular weight excluding hydrogens is 409 g/mol. The molecule has 0 bridgehead atoms. The van der Waals surface area contributed by atoms with Crippen molar-refractivity contribution in [2.75, 3.05) is 0 Å². The van der Waals surface area contributed by atoms with Crippen LogP contribution < -0.4 is 5.11 Å². The molecule has 6 heteroatoms. The molecule has 0 saturated heterocycles. The van der Waals surface area contributed by atoms with Crippen molar-refractivity contribution in [2.24, 2.45) is 0 Å². The molecule has 1 aromatic heterocycles. The van der Waals surface area contributed by atoms with E-state index in [1.807, 2.05) is 30.3 Å². The summed E-state index contributed by atoms with van der Waals surface area (Å²) in [7, 11) is 0. The molecule has 4 aromatic rings. The number of rotatable bonds is 4. The quantitative estimate of drug-likeness (QED) is 0.412. The van der Waals surface area contributed by atoms with Crippen molar-refractivity contribution in [3.8, 4) is 11.1 Å². The van der Waals surface area contributed by atoms with Crippen LogP contribution in [0.25, 0.3) is 21.2 Å². The molecule has 0 saturated carbocycles. The van der Waals surface area contributed by atoms with Gasteiger partial charge in [0.25, 0.3) is 0 Å².